The van der Waals surface area contributed by atoms with Crippen molar-refractivity contribution in [3.05, 3.63) is 0 Å². The van der Waals surface area contributed by atoms with E-state index in [1.54, 1.807) is 0 Å². The fraction of sp³-hybridized carbons (Fsp3) is 1.00. The van der Waals surface area contributed by atoms with Crippen LogP contribution in [0, 0.1) is 5.92 Å². The monoisotopic (exact) mass is 291 g/mol. The molecule has 0 aromatic carbocycles. The Morgan fingerprint density at radius 1 is 1.21 bits per heavy atom. The van der Waals surface area contributed by atoms with Gasteiger partial charge in [0.1, 0.15) is 0 Å². The lowest BCUT2D eigenvalue weighted by molar-refractivity contribution is -0.0751. The maximum Gasteiger partial charge on any atom is 0.214 e. The van der Waals surface area contributed by atoms with E-state index in [2.05, 4.69) is 0 Å². The third-order valence-corrected chi connectivity index (χ3v) is 6.04. The molecule has 5 nitrogen and oxygen atoms in total. The summed E-state index contributed by atoms with van der Waals surface area (Å²) in [7, 11) is -3.22. The molecule has 112 valence electrons. The van der Waals surface area contributed by atoms with Gasteiger partial charge in [0, 0.05) is 13.1 Å². The van der Waals surface area contributed by atoms with Crippen molar-refractivity contribution < 1.29 is 18.3 Å². The Balaban J connectivity index is 1.97. The maximum atomic E-state index is 12.4. The van der Waals surface area contributed by atoms with Gasteiger partial charge in [-0.1, -0.05) is 19.3 Å². The Bertz CT molecular complexity index is 378. The van der Waals surface area contributed by atoms with Crippen LogP contribution in [0.25, 0.3) is 0 Å². The molecule has 1 saturated carbocycles. The highest BCUT2D eigenvalue weighted by molar-refractivity contribution is 7.89. The van der Waals surface area contributed by atoms with E-state index in [0.717, 1.165) is 25.7 Å². The number of aliphatic hydroxyl groups is 1. The first-order valence-electron chi connectivity index (χ1n) is 7.25. The molecular formula is C13H25NO4S. The average Bonchev–Trinajstić information content (AvgIpc) is 2.38. The van der Waals surface area contributed by atoms with E-state index < -0.39 is 10.0 Å². The Kier molecular flexibility index (Phi) is 5.22. The van der Waals surface area contributed by atoms with Crippen LogP contribution in [0.1, 0.15) is 39.0 Å². The van der Waals surface area contributed by atoms with E-state index in [1.807, 2.05) is 6.92 Å². The Morgan fingerprint density at radius 3 is 2.53 bits per heavy atom. The standard InChI is InChI=1S/C13H25NO4S/c1-11-7-14(8-13(9-15)18-11)19(16,17)10-12-5-3-2-4-6-12/h11-13,15H,2-10H2,1H3. The zero-order chi connectivity index (χ0) is 13.9. The van der Waals surface area contributed by atoms with E-state index in [-0.39, 0.29) is 31.1 Å². The smallest absolute Gasteiger partial charge is 0.214 e. The highest BCUT2D eigenvalue weighted by Crippen LogP contribution is 2.26. The number of nitrogens with zero attached hydrogens (tertiary/aromatic N) is 1. The molecule has 1 aliphatic heterocycles. The van der Waals surface area contributed by atoms with Crippen molar-refractivity contribution in [2.75, 3.05) is 25.4 Å². The molecule has 0 bridgehead atoms. The minimum atomic E-state index is -3.22. The van der Waals surface area contributed by atoms with Gasteiger partial charge in [0.2, 0.25) is 10.0 Å². The van der Waals surface area contributed by atoms with Crippen molar-refractivity contribution in [2.24, 2.45) is 5.92 Å². The Hall–Kier alpha value is -0.170. The molecule has 2 atom stereocenters. The maximum absolute atomic E-state index is 12.4. The third-order valence-electron chi connectivity index (χ3n) is 4.06. The Morgan fingerprint density at radius 2 is 1.89 bits per heavy atom. The number of sulfonamides is 1. The van der Waals surface area contributed by atoms with E-state index >= 15 is 0 Å². The van der Waals surface area contributed by atoms with Gasteiger partial charge in [0.25, 0.3) is 0 Å². The summed E-state index contributed by atoms with van der Waals surface area (Å²) in [6.07, 6.45) is 5.07. The number of aliphatic hydroxyl groups excluding tert-OH is 1. The summed E-state index contributed by atoms with van der Waals surface area (Å²) < 4.78 is 31.9. The second kappa shape index (κ2) is 6.52. The third kappa shape index (κ3) is 4.15. The molecular weight excluding hydrogens is 266 g/mol. The minimum Gasteiger partial charge on any atom is -0.394 e. The van der Waals surface area contributed by atoms with E-state index in [4.69, 9.17) is 9.84 Å². The Labute approximate surface area is 116 Å². The van der Waals surface area contributed by atoms with Crippen molar-refractivity contribution in [3.63, 3.8) is 0 Å². The highest BCUT2D eigenvalue weighted by atomic mass is 32.2. The summed E-state index contributed by atoms with van der Waals surface area (Å²) in [6, 6.07) is 0. The van der Waals surface area contributed by atoms with Crippen LogP contribution in [0.4, 0.5) is 0 Å². The molecule has 1 aliphatic carbocycles. The highest BCUT2D eigenvalue weighted by Gasteiger charge is 2.34. The van der Waals surface area contributed by atoms with Crippen molar-refractivity contribution in [1.82, 2.24) is 4.31 Å². The molecule has 2 unspecified atom stereocenters. The van der Waals surface area contributed by atoms with Gasteiger partial charge in [-0.2, -0.15) is 4.31 Å². The summed E-state index contributed by atoms with van der Waals surface area (Å²) in [4.78, 5) is 0. The van der Waals surface area contributed by atoms with Crippen molar-refractivity contribution in [2.45, 2.75) is 51.2 Å². The quantitative estimate of drug-likeness (QED) is 0.838. The van der Waals surface area contributed by atoms with Crippen LogP contribution in [-0.2, 0) is 14.8 Å². The fourth-order valence-electron chi connectivity index (χ4n) is 3.09. The topological polar surface area (TPSA) is 66.8 Å². The number of hydrogen-bond donors (Lipinski definition) is 1. The van der Waals surface area contributed by atoms with Gasteiger partial charge in [-0.05, 0) is 25.7 Å². The first-order valence-corrected chi connectivity index (χ1v) is 8.86. The number of morpholine rings is 1. The number of ether oxygens (including phenoxy) is 1. The SMILES string of the molecule is CC1CN(S(=O)(=O)CC2CCCCC2)CC(CO)O1. The van der Waals surface area contributed by atoms with Gasteiger partial charge in [-0.3, -0.25) is 0 Å². The predicted molar refractivity (Wildman–Crippen MR) is 73.4 cm³/mol. The average molecular weight is 291 g/mol. The van der Waals surface area contributed by atoms with Crippen molar-refractivity contribution >= 4 is 10.0 Å². The van der Waals surface area contributed by atoms with Crippen LogP contribution < -0.4 is 0 Å². The van der Waals surface area contributed by atoms with Gasteiger partial charge in [-0.25, -0.2) is 8.42 Å². The zero-order valence-corrected chi connectivity index (χ0v) is 12.4. The van der Waals surface area contributed by atoms with Crippen molar-refractivity contribution in [1.29, 1.82) is 0 Å². The summed E-state index contributed by atoms with van der Waals surface area (Å²) in [5.74, 6) is 0.571. The predicted octanol–water partition coefficient (Wildman–Crippen LogP) is 0.978. The summed E-state index contributed by atoms with van der Waals surface area (Å²) in [6.45, 7) is 2.42. The minimum absolute atomic E-state index is 0.125. The number of hydrogen-bond acceptors (Lipinski definition) is 4. The normalized spacial score (nSPS) is 31.5. The first kappa shape index (κ1) is 15.2. The lowest BCUT2D eigenvalue weighted by atomic mass is 9.91. The van der Waals surface area contributed by atoms with Gasteiger partial charge >= 0.3 is 0 Å². The van der Waals surface area contributed by atoms with Crippen LogP contribution in [0.3, 0.4) is 0 Å². The zero-order valence-electron chi connectivity index (χ0n) is 11.6. The van der Waals surface area contributed by atoms with Gasteiger partial charge in [0.05, 0.1) is 24.6 Å². The van der Waals surface area contributed by atoms with Crippen molar-refractivity contribution in [3.8, 4) is 0 Å². The van der Waals surface area contributed by atoms with Crippen LogP contribution in [-0.4, -0.2) is 55.5 Å². The molecule has 1 N–H and O–H groups in total. The van der Waals surface area contributed by atoms with Crippen LogP contribution in [0.2, 0.25) is 0 Å². The molecule has 1 heterocycles. The lowest BCUT2D eigenvalue weighted by Crippen LogP contribution is -2.51. The molecule has 19 heavy (non-hydrogen) atoms. The molecule has 2 rings (SSSR count). The second-order valence-electron chi connectivity index (χ2n) is 5.85. The molecule has 2 fully saturated rings. The van der Waals surface area contributed by atoms with Crippen LogP contribution >= 0.6 is 0 Å². The van der Waals surface area contributed by atoms with E-state index in [0.29, 0.717) is 12.5 Å². The second-order valence-corrected chi connectivity index (χ2v) is 7.86. The molecule has 0 aromatic rings. The van der Waals surface area contributed by atoms with E-state index in [9.17, 15) is 8.42 Å². The molecule has 0 spiro atoms. The molecule has 1 saturated heterocycles. The lowest BCUT2D eigenvalue weighted by Gasteiger charge is -2.36. The summed E-state index contributed by atoms with van der Waals surface area (Å²) in [5, 5.41) is 9.17. The van der Waals surface area contributed by atoms with Gasteiger partial charge in [0.15, 0.2) is 0 Å². The fourth-order valence-corrected chi connectivity index (χ4v) is 5.06. The molecule has 0 aromatic heterocycles. The van der Waals surface area contributed by atoms with Gasteiger partial charge < -0.3 is 9.84 Å². The number of rotatable bonds is 4. The van der Waals surface area contributed by atoms with Crippen LogP contribution in [0.15, 0.2) is 0 Å². The largest absolute Gasteiger partial charge is 0.394 e. The summed E-state index contributed by atoms with van der Waals surface area (Å²) >= 11 is 0. The van der Waals surface area contributed by atoms with E-state index in [1.165, 1.54) is 10.7 Å². The molecule has 0 radical (unpaired) electrons. The molecule has 6 heteroatoms. The molecule has 0 amide bonds. The molecule has 2 aliphatic rings. The first-order chi connectivity index (χ1) is 9.01. The van der Waals surface area contributed by atoms with Gasteiger partial charge in [-0.15, -0.1) is 0 Å². The summed E-state index contributed by atoms with van der Waals surface area (Å²) in [5.41, 5.74) is 0. The van der Waals surface area contributed by atoms with Crippen LogP contribution in [0.5, 0.6) is 0 Å².